The second-order valence-electron chi connectivity index (χ2n) is 2.30. The van der Waals surface area contributed by atoms with Gasteiger partial charge in [-0.3, -0.25) is 0 Å². The zero-order chi connectivity index (χ0) is 8.27. The summed E-state index contributed by atoms with van der Waals surface area (Å²) < 4.78 is 0. The molecule has 0 aliphatic heterocycles. The fraction of sp³-hybridized carbons (Fsp3) is 0.250. The highest BCUT2D eigenvalue weighted by molar-refractivity contribution is 5.50. The molecule has 0 saturated heterocycles. The van der Waals surface area contributed by atoms with Gasteiger partial charge in [0.2, 0.25) is 0 Å². The van der Waals surface area contributed by atoms with Gasteiger partial charge in [0.1, 0.15) is 5.75 Å². The van der Waals surface area contributed by atoms with Crippen molar-refractivity contribution in [3.63, 3.8) is 0 Å². The Kier molecular flexibility index (Phi) is 2.33. The van der Waals surface area contributed by atoms with E-state index in [-0.39, 0.29) is 5.75 Å². The van der Waals surface area contributed by atoms with Gasteiger partial charge in [-0.05, 0) is 18.2 Å². The van der Waals surface area contributed by atoms with Crippen LogP contribution in [0.1, 0.15) is 5.56 Å². The summed E-state index contributed by atoms with van der Waals surface area (Å²) in [4.78, 5) is 0. The van der Waals surface area contributed by atoms with Gasteiger partial charge in [0.15, 0.2) is 0 Å². The van der Waals surface area contributed by atoms with Crippen molar-refractivity contribution in [1.29, 1.82) is 0 Å². The minimum absolute atomic E-state index is 0.256. The zero-order valence-electron chi connectivity index (χ0n) is 6.46. The van der Waals surface area contributed by atoms with Gasteiger partial charge >= 0.3 is 0 Å². The molecule has 0 heterocycles. The van der Waals surface area contributed by atoms with E-state index in [0.717, 1.165) is 11.3 Å². The molecule has 3 nitrogen and oxygen atoms in total. The maximum atomic E-state index is 9.22. The molecule has 0 aliphatic carbocycles. The van der Waals surface area contributed by atoms with Gasteiger partial charge < -0.3 is 16.2 Å². The summed E-state index contributed by atoms with van der Waals surface area (Å²) in [5.74, 6) is 0.256. The molecule has 0 bridgehead atoms. The molecule has 0 aromatic heterocycles. The molecule has 60 valence electrons. The van der Waals surface area contributed by atoms with Crippen LogP contribution in [0.15, 0.2) is 18.2 Å². The smallest absolute Gasteiger partial charge is 0.120 e. The second kappa shape index (κ2) is 3.25. The van der Waals surface area contributed by atoms with Crippen LogP contribution in [0.2, 0.25) is 0 Å². The third-order valence-corrected chi connectivity index (χ3v) is 1.59. The molecule has 0 aliphatic rings. The van der Waals surface area contributed by atoms with Crippen molar-refractivity contribution in [2.24, 2.45) is 5.73 Å². The Bertz CT molecular complexity index is 248. The second-order valence-corrected chi connectivity index (χ2v) is 2.30. The van der Waals surface area contributed by atoms with Crippen molar-refractivity contribution in [3.05, 3.63) is 23.8 Å². The summed E-state index contributed by atoms with van der Waals surface area (Å²) in [6.45, 7) is 0.362. The van der Waals surface area contributed by atoms with Crippen LogP contribution in [0.4, 0.5) is 5.69 Å². The fourth-order valence-corrected chi connectivity index (χ4v) is 0.905. The lowest BCUT2D eigenvalue weighted by Crippen LogP contribution is -1.98. The van der Waals surface area contributed by atoms with E-state index >= 15 is 0 Å². The molecule has 0 fully saturated rings. The summed E-state index contributed by atoms with van der Waals surface area (Å²) in [6.07, 6.45) is 0. The number of aromatic hydroxyl groups is 1. The molecule has 0 saturated carbocycles. The van der Waals surface area contributed by atoms with Crippen molar-refractivity contribution in [1.82, 2.24) is 0 Å². The molecule has 11 heavy (non-hydrogen) atoms. The molecule has 4 N–H and O–H groups in total. The van der Waals surface area contributed by atoms with Gasteiger partial charge in [0.25, 0.3) is 0 Å². The number of nitrogens with two attached hydrogens (primary N) is 1. The molecule has 1 aromatic rings. The highest BCUT2D eigenvalue weighted by Crippen LogP contribution is 2.20. The van der Waals surface area contributed by atoms with Gasteiger partial charge in [-0.2, -0.15) is 0 Å². The van der Waals surface area contributed by atoms with E-state index in [1.807, 2.05) is 13.1 Å². The topological polar surface area (TPSA) is 58.3 Å². The van der Waals surface area contributed by atoms with Crippen molar-refractivity contribution in [2.75, 3.05) is 12.4 Å². The number of hydrogen-bond acceptors (Lipinski definition) is 3. The molecule has 0 spiro atoms. The first-order chi connectivity index (χ1) is 5.27. The van der Waals surface area contributed by atoms with Crippen LogP contribution in [0.25, 0.3) is 0 Å². The van der Waals surface area contributed by atoms with Crippen molar-refractivity contribution in [3.8, 4) is 5.75 Å². The minimum atomic E-state index is 0.256. The standard InChI is InChI=1S/C8H12N2O/c1-10-7-2-3-8(11)6(4-7)5-9/h2-4,10-11H,5,9H2,1H3. The third-order valence-electron chi connectivity index (χ3n) is 1.59. The number of rotatable bonds is 2. The Morgan fingerprint density at radius 2 is 2.27 bits per heavy atom. The van der Waals surface area contributed by atoms with Crippen LogP contribution in [0, 0.1) is 0 Å². The van der Waals surface area contributed by atoms with E-state index in [9.17, 15) is 5.11 Å². The van der Waals surface area contributed by atoms with Gasteiger partial charge in [-0.1, -0.05) is 0 Å². The Hall–Kier alpha value is -1.22. The van der Waals surface area contributed by atoms with E-state index in [2.05, 4.69) is 5.32 Å². The molecule has 0 radical (unpaired) electrons. The Morgan fingerprint density at radius 1 is 1.55 bits per heavy atom. The Labute approximate surface area is 65.8 Å². The summed E-state index contributed by atoms with van der Waals surface area (Å²) >= 11 is 0. The van der Waals surface area contributed by atoms with Gasteiger partial charge in [0, 0.05) is 24.8 Å². The first-order valence-electron chi connectivity index (χ1n) is 3.47. The molecule has 0 unspecified atom stereocenters. The predicted octanol–water partition coefficient (Wildman–Crippen LogP) is 0.893. The fourth-order valence-electron chi connectivity index (χ4n) is 0.905. The van der Waals surface area contributed by atoms with Crippen LogP contribution in [-0.2, 0) is 6.54 Å². The lowest BCUT2D eigenvalue weighted by molar-refractivity contribution is 0.468. The van der Waals surface area contributed by atoms with Crippen LogP contribution < -0.4 is 11.1 Å². The number of anilines is 1. The minimum Gasteiger partial charge on any atom is -0.508 e. The zero-order valence-corrected chi connectivity index (χ0v) is 6.46. The molecular formula is C8H12N2O. The summed E-state index contributed by atoms with van der Waals surface area (Å²) in [5, 5.41) is 12.2. The lowest BCUT2D eigenvalue weighted by atomic mass is 10.2. The normalized spacial score (nSPS) is 9.64. The average Bonchev–Trinajstić information content (AvgIpc) is 2.05. The van der Waals surface area contributed by atoms with E-state index in [1.54, 1.807) is 12.1 Å². The monoisotopic (exact) mass is 152 g/mol. The third kappa shape index (κ3) is 1.62. The summed E-state index contributed by atoms with van der Waals surface area (Å²) in [5.41, 5.74) is 7.11. The van der Waals surface area contributed by atoms with Crippen molar-refractivity contribution in [2.45, 2.75) is 6.54 Å². The van der Waals surface area contributed by atoms with Gasteiger partial charge in [-0.25, -0.2) is 0 Å². The van der Waals surface area contributed by atoms with Gasteiger partial charge in [-0.15, -0.1) is 0 Å². The number of phenolic OH excluding ortho intramolecular Hbond substituents is 1. The summed E-state index contributed by atoms with van der Waals surface area (Å²) in [6, 6.07) is 5.26. The average molecular weight is 152 g/mol. The number of phenols is 1. The van der Waals surface area contributed by atoms with E-state index < -0.39 is 0 Å². The molecule has 3 heteroatoms. The maximum Gasteiger partial charge on any atom is 0.120 e. The Morgan fingerprint density at radius 3 is 2.82 bits per heavy atom. The highest BCUT2D eigenvalue weighted by Gasteiger charge is 1.98. The largest absolute Gasteiger partial charge is 0.508 e. The quantitative estimate of drug-likeness (QED) is 0.552. The molecule has 0 amide bonds. The first-order valence-corrected chi connectivity index (χ1v) is 3.47. The predicted molar refractivity (Wildman–Crippen MR) is 45.5 cm³/mol. The van der Waals surface area contributed by atoms with Crippen LogP contribution in [0.5, 0.6) is 5.75 Å². The Balaban J connectivity index is 3.02. The van der Waals surface area contributed by atoms with Crippen LogP contribution >= 0.6 is 0 Å². The highest BCUT2D eigenvalue weighted by atomic mass is 16.3. The maximum absolute atomic E-state index is 9.22. The van der Waals surface area contributed by atoms with Crippen LogP contribution in [0.3, 0.4) is 0 Å². The van der Waals surface area contributed by atoms with Crippen LogP contribution in [-0.4, -0.2) is 12.2 Å². The number of benzene rings is 1. The van der Waals surface area contributed by atoms with Crippen molar-refractivity contribution >= 4 is 5.69 Å². The number of hydrogen-bond donors (Lipinski definition) is 3. The molecule has 1 aromatic carbocycles. The molecule has 1 rings (SSSR count). The van der Waals surface area contributed by atoms with E-state index in [1.165, 1.54) is 0 Å². The van der Waals surface area contributed by atoms with Gasteiger partial charge in [0.05, 0.1) is 0 Å². The number of nitrogens with one attached hydrogen (secondary N) is 1. The first kappa shape index (κ1) is 7.88. The lowest BCUT2D eigenvalue weighted by Gasteiger charge is -2.04. The van der Waals surface area contributed by atoms with Crippen molar-refractivity contribution < 1.29 is 5.11 Å². The SMILES string of the molecule is CNc1ccc(O)c(CN)c1. The molecular weight excluding hydrogens is 140 g/mol. The van der Waals surface area contributed by atoms with E-state index in [4.69, 9.17) is 5.73 Å². The summed E-state index contributed by atoms with van der Waals surface area (Å²) in [7, 11) is 1.83. The van der Waals surface area contributed by atoms with E-state index in [0.29, 0.717) is 6.54 Å². The molecule has 0 atom stereocenters.